The minimum absolute atomic E-state index is 0.568. The first kappa shape index (κ1) is 15.1. The molecular weight excluding hydrogens is 334 g/mol. The largest absolute Gasteiger partial charge is 0.420 e. The molecule has 0 saturated heterocycles. The summed E-state index contributed by atoms with van der Waals surface area (Å²) in [5.74, 6) is 3.61. The van der Waals surface area contributed by atoms with E-state index in [1.165, 1.54) is 37.1 Å². The lowest BCUT2D eigenvalue weighted by atomic mass is 10.1. The average Bonchev–Trinajstić information content (AvgIpc) is 3.55. The summed E-state index contributed by atoms with van der Waals surface area (Å²) in [6.07, 6.45) is 4.98. The van der Waals surface area contributed by atoms with E-state index in [1.54, 1.807) is 11.8 Å². The minimum Gasteiger partial charge on any atom is -0.420 e. The highest BCUT2D eigenvalue weighted by Crippen LogP contribution is 2.46. The van der Waals surface area contributed by atoms with Crippen LogP contribution in [0.3, 0.4) is 0 Å². The summed E-state index contributed by atoms with van der Waals surface area (Å²) in [7, 11) is 0. The van der Waals surface area contributed by atoms with Gasteiger partial charge in [0.25, 0.3) is 0 Å². The van der Waals surface area contributed by atoms with Crippen LogP contribution in [0.4, 0.5) is 0 Å². The second-order valence-electron chi connectivity index (χ2n) is 6.87. The Labute approximate surface area is 150 Å². The molecule has 6 nitrogen and oxygen atoms in total. The van der Waals surface area contributed by atoms with Crippen LogP contribution in [-0.4, -0.2) is 25.0 Å². The Bertz CT molecular complexity index is 893. The second-order valence-corrected chi connectivity index (χ2v) is 7.81. The number of aromatic nitrogens is 5. The first-order chi connectivity index (χ1) is 12.3. The summed E-state index contributed by atoms with van der Waals surface area (Å²) in [4.78, 5) is 0. The lowest BCUT2D eigenvalue weighted by molar-refractivity contribution is 0.528. The van der Waals surface area contributed by atoms with Crippen LogP contribution < -0.4 is 0 Å². The summed E-state index contributed by atoms with van der Waals surface area (Å²) >= 11 is 1.64. The van der Waals surface area contributed by atoms with E-state index in [4.69, 9.17) is 4.42 Å². The van der Waals surface area contributed by atoms with Gasteiger partial charge in [-0.1, -0.05) is 29.5 Å². The van der Waals surface area contributed by atoms with Crippen LogP contribution in [-0.2, 0) is 5.75 Å². The Morgan fingerprint density at radius 2 is 1.84 bits per heavy atom. The summed E-state index contributed by atoms with van der Waals surface area (Å²) in [6.45, 7) is 2.06. The van der Waals surface area contributed by atoms with Gasteiger partial charge in [-0.3, -0.25) is 0 Å². The van der Waals surface area contributed by atoms with E-state index in [-0.39, 0.29) is 0 Å². The van der Waals surface area contributed by atoms with Crippen molar-refractivity contribution in [3.63, 3.8) is 0 Å². The zero-order valence-corrected chi connectivity index (χ0v) is 14.9. The molecule has 2 fully saturated rings. The first-order valence-corrected chi connectivity index (χ1v) is 9.73. The molecule has 0 unspecified atom stereocenters. The first-order valence-electron chi connectivity index (χ1n) is 8.75. The van der Waals surface area contributed by atoms with Crippen molar-refractivity contribution in [2.24, 2.45) is 0 Å². The molecule has 0 bridgehead atoms. The van der Waals surface area contributed by atoms with E-state index >= 15 is 0 Å². The molecule has 0 aliphatic heterocycles. The fourth-order valence-corrected chi connectivity index (χ4v) is 3.78. The van der Waals surface area contributed by atoms with Gasteiger partial charge < -0.3 is 8.98 Å². The van der Waals surface area contributed by atoms with E-state index < -0.39 is 0 Å². The molecule has 7 heteroatoms. The van der Waals surface area contributed by atoms with Crippen LogP contribution in [0, 0.1) is 6.92 Å². The average molecular weight is 353 g/mol. The SMILES string of the molecule is Cc1ccc(-c2nnc(CSc3nnc(C4CC4)n3C3CC3)o2)cc1. The zero-order valence-electron chi connectivity index (χ0n) is 14.1. The van der Waals surface area contributed by atoms with Crippen molar-refractivity contribution in [3.8, 4) is 11.5 Å². The monoisotopic (exact) mass is 353 g/mol. The third-order valence-electron chi connectivity index (χ3n) is 4.64. The summed E-state index contributed by atoms with van der Waals surface area (Å²) < 4.78 is 8.16. The molecule has 0 amide bonds. The van der Waals surface area contributed by atoms with Gasteiger partial charge >= 0.3 is 0 Å². The Morgan fingerprint density at radius 1 is 1.04 bits per heavy atom. The molecule has 2 aliphatic carbocycles. The highest BCUT2D eigenvalue weighted by molar-refractivity contribution is 7.98. The minimum atomic E-state index is 0.568. The molecule has 0 spiro atoms. The molecule has 0 atom stereocenters. The van der Waals surface area contributed by atoms with Crippen molar-refractivity contribution in [1.29, 1.82) is 0 Å². The standard InChI is InChI=1S/C18H19N5OS/c1-11-2-4-13(5-3-11)17-21-19-15(24-17)10-25-18-22-20-16(12-6-7-12)23(18)14-8-9-14/h2-5,12,14H,6-10H2,1H3. The van der Waals surface area contributed by atoms with Crippen LogP contribution in [0.15, 0.2) is 33.8 Å². The highest BCUT2D eigenvalue weighted by Gasteiger charge is 2.36. The van der Waals surface area contributed by atoms with Gasteiger partial charge in [-0.05, 0) is 44.7 Å². The van der Waals surface area contributed by atoms with Gasteiger partial charge in [0.1, 0.15) is 5.82 Å². The van der Waals surface area contributed by atoms with Crippen LogP contribution in [0.5, 0.6) is 0 Å². The van der Waals surface area contributed by atoms with Crippen molar-refractivity contribution < 1.29 is 4.42 Å². The summed E-state index contributed by atoms with van der Waals surface area (Å²) in [5.41, 5.74) is 2.16. The third kappa shape index (κ3) is 3.08. The maximum Gasteiger partial charge on any atom is 0.247 e. The van der Waals surface area contributed by atoms with E-state index in [0.717, 1.165) is 10.7 Å². The third-order valence-corrected chi connectivity index (χ3v) is 5.56. The number of rotatable bonds is 6. The van der Waals surface area contributed by atoms with Crippen LogP contribution >= 0.6 is 11.8 Å². The molecule has 2 aliphatic rings. The van der Waals surface area contributed by atoms with Crippen LogP contribution in [0.25, 0.3) is 11.5 Å². The van der Waals surface area contributed by atoms with Gasteiger partial charge in [-0.25, -0.2) is 0 Å². The molecule has 0 N–H and O–H groups in total. The molecule has 2 heterocycles. The number of thioether (sulfide) groups is 1. The predicted octanol–water partition coefficient (Wildman–Crippen LogP) is 4.14. The van der Waals surface area contributed by atoms with E-state index in [9.17, 15) is 0 Å². The normalized spacial score (nSPS) is 17.2. The number of benzene rings is 1. The molecule has 1 aromatic carbocycles. The molecule has 128 valence electrons. The van der Waals surface area contributed by atoms with Crippen LogP contribution in [0.1, 0.15) is 54.9 Å². The van der Waals surface area contributed by atoms with Gasteiger partial charge in [-0.2, -0.15) is 0 Å². The van der Waals surface area contributed by atoms with Crippen LogP contribution in [0.2, 0.25) is 0 Å². The smallest absolute Gasteiger partial charge is 0.247 e. The summed E-state index contributed by atoms with van der Waals surface area (Å²) in [6, 6.07) is 8.70. The van der Waals surface area contributed by atoms with Gasteiger partial charge in [0, 0.05) is 17.5 Å². The van der Waals surface area contributed by atoms with Gasteiger partial charge in [0.05, 0.1) is 5.75 Å². The maximum atomic E-state index is 5.81. The fraction of sp³-hybridized carbons (Fsp3) is 0.444. The molecule has 2 saturated carbocycles. The van der Waals surface area contributed by atoms with Crippen molar-refractivity contribution in [3.05, 3.63) is 41.5 Å². The van der Waals surface area contributed by atoms with Gasteiger partial charge in [-0.15, -0.1) is 20.4 Å². The fourth-order valence-electron chi connectivity index (χ4n) is 2.93. The number of aryl methyl sites for hydroxylation is 1. The highest BCUT2D eigenvalue weighted by atomic mass is 32.2. The number of hydrogen-bond acceptors (Lipinski definition) is 6. The van der Waals surface area contributed by atoms with E-state index in [0.29, 0.717) is 29.5 Å². The second kappa shape index (κ2) is 5.98. The van der Waals surface area contributed by atoms with Crippen molar-refractivity contribution in [2.75, 3.05) is 0 Å². The van der Waals surface area contributed by atoms with Gasteiger partial charge in [0.2, 0.25) is 11.8 Å². The van der Waals surface area contributed by atoms with Crippen molar-refractivity contribution in [1.82, 2.24) is 25.0 Å². The Balaban J connectivity index is 1.31. The number of hydrogen-bond donors (Lipinski definition) is 0. The molecule has 3 aromatic rings. The van der Waals surface area contributed by atoms with E-state index in [1.807, 2.05) is 24.3 Å². The zero-order chi connectivity index (χ0) is 16.8. The maximum absolute atomic E-state index is 5.81. The van der Waals surface area contributed by atoms with Crippen molar-refractivity contribution in [2.45, 2.75) is 55.5 Å². The Hall–Kier alpha value is -2.15. The Kier molecular flexibility index (Phi) is 3.62. The molecule has 0 radical (unpaired) electrons. The molecule has 5 rings (SSSR count). The lowest BCUT2D eigenvalue weighted by Gasteiger charge is -2.06. The quantitative estimate of drug-likeness (QED) is 0.620. The topological polar surface area (TPSA) is 69.6 Å². The van der Waals surface area contributed by atoms with Crippen molar-refractivity contribution >= 4 is 11.8 Å². The number of nitrogens with zero attached hydrogens (tertiary/aromatic N) is 5. The lowest BCUT2D eigenvalue weighted by Crippen LogP contribution is -2.01. The molecule has 25 heavy (non-hydrogen) atoms. The Morgan fingerprint density at radius 3 is 2.56 bits per heavy atom. The molecule has 2 aromatic heterocycles. The molecular formula is C18H19N5OS. The predicted molar refractivity (Wildman–Crippen MR) is 94.3 cm³/mol. The van der Waals surface area contributed by atoms with Gasteiger partial charge in [0.15, 0.2) is 5.16 Å². The van der Waals surface area contributed by atoms with E-state index in [2.05, 4.69) is 31.9 Å². The summed E-state index contributed by atoms with van der Waals surface area (Å²) in [5, 5.41) is 18.2.